The molecule has 0 saturated carbocycles. The second-order valence-corrected chi connectivity index (χ2v) is 6.73. The first-order valence-corrected chi connectivity index (χ1v) is 9.47. The zero-order valence-electron chi connectivity index (χ0n) is 16.6. The number of rotatable bonds is 8. The number of aromatic nitrogens is 1. The van der Waals surface area contributed by atoms with E-state index >= 15 is 0 Å². The molecule has 0 radical (unpaired) electrons. The molecule has 0 fully saturated rings. The molecule has 1 heterocycles. The molecule has 0 saturated heterocycles. The molecule has 7 nitrogen and oxygen atoms in total. The van der Waals surface area contributed by atoms with Crippen LogP contribution in [0.4, 0.5) is 5.69 Å². The summed E-state index contributed by atoms with van der Waals surface area (Å²) in [6, 6.07) is 15.8. The molecule has 1 amide bonds. The maximum absolute atomic E-state index is 12.9. The van der Waals surface area contributed by atoms with Crippen LogP contribution in [0.15, 0.2) is 60.8 Å². The summed E-state index contributed by atoms with van der Waals surface area (Å²) < 4.78 is 5.25. The molecule has 1 unspecified atom stereocenters. The van der Waals surface area contributed by atoms with Gasteiger partial charge in [-0.05, 0) is 59.5 Å². The summed E-state index contributed by atoms with van der Waals surface area (Å²) in [4.78, 5) is 17.1. The highest BCUT2D eigenvalue weighted by Crippen LogP contribution is 2.25. The van der Waals surface area contributed by atoms with Crippen molar-refractivity contribution in [1.29, 1.82) is 5.41 Å². The quantitative estimate of drug-likeness (QED) is 0.339. The Labute approximate surface area is 175 Å². The summed E-state index contributed by atoms with van der Waals surface area (Å²) in [6.07, 6.45) is 3.12. The first-order valence-electron chi connectivity index (χ1n) is 9.47. The van der Waals surface area contributed by atoms with Crippen molar-refractivity contribution in [2.75, 3.05) is 19.5 Å². The number of pyridine rings is 1. The predicted molar refractivity (Wildman–Crippen MR) is 117 cm³/mol. The van der Waals surface area contributed by atoms with E-state index in [1.165, 1.54) is 6.21 Å². The number of amides is 1. The highest BCUT2D eigenvalue weighted by molar-refractivity contribution is 5.94. The second kappa shape index (κ2) is 9.67. The summed E-state index contributed by atoms with van der Waals surface area (Å²) in [5.74, 6) is 0.330. The minimum atomic E-state index is -0.385. The van der Waals surface area contributed by atoms with Crippen molar-refractivity contribution in [2.45, 2.75) is 12.5 Å². The van der Waals surface area contributed by atoms with Gasteiger partial charge in [-0.2, -0.15) is 0 Å². The van der Waals surface area contributed by atoms with Gasteiger partial charge in [-0.1, -0.05) is 18.2 Å². The Balaban J connectivity index is 1.85. The number of anilines is 1. The van der Waals surface area contributed by atoms with Crippen LogP contribution in [0.5, 0.6) is 5.75 Å². The molecule has 1 aromatic heterocycles. The third kappa shape index (κ3) is 4.82. The number of aliphatic hydroxyl groups is 1. The summed E-state index contributed by atoms with van der Waals surface area (Å²) >= 11 is 0. The number of ether oxygens (including phenoxy) is 1. The zero-order valence-corrected chi connectivity index (χ0v) is 16.6. The number of nitrogens with zero attached hydrogens (tertiary/aromatic N) is 1. The smallest absolute Gasteiger partial charge is 0.270 e. The van der Waals surface area contributed by atoms with E-state index in [0.717, 1.165) is 16.7 Å². The summed E-state index contributed by atoms with van der Waals surface area (Å²) in [5, 5.41) is 19.9. The van der Waals surface area contributed by atoms with Crippen molar-refractivity contribution >= 4 is 17.8 Å². The van der Waals surface area contributed by atoms with Crippen LogP contribution in [0, 0.1) is 5.41 Å². The van der Waals surface area contributed by atoms with Crippen LogP contribution in [0.2, 0.25) is 0 Å². The Hall–Kier alpha value is -3.71. The van der Waals surface area contributed by atoms with Crippen LogP contribution in [-0.4, -0.2) is 35.9 Å². The average molecular weight is 404 g/mol. The van der Waals surface area contributed by atoms with Crippen molar-refractivity contribution in [1.82, 2.24) is 10.3 Å². The van der Waals surface area contributed by atoms with Gasteiger partial charge >= 0.3 is 0 Å². The van der Waals surface area contributed by atoms with E-state index in [9.17, 15) is 9.90 Å². The van der Waals surface area contributed by atoms with Crippen molar-refractivity contribution in [2.24, 2.45) is 0 Å². The fourth-order valence-corrected chi connectivity index (χ4v) is 3.16. The van der Waals surface area contributed by atoms with E-state index in [1.54, 1.807) is 37.6 Å². The fourth-order valence-electron chi connectivity index (χ4n) is 3.16. The van der Waals surface area contributed by atoms with Gasteiger partial charge in [0.15, 0.2) is 0 Å². The number of hydrogen-bond donors (Lipinski definition) is 4. The zero-order chi connectivity index (χ0) is 21.5. The van der Waals surface area contributed by atoms with Gasteiger partial charge in [0.2, 0.25) is 0 Å². The van der Waals surface area contributed by atoms with Crippen molar-refractivity contribution in [3.8, 4) is 16.9 Å². The normalized spacial score (nSPS) is 11.5. The molecular weight excluding hydrogens is 380 g/mol. The van der Waals surface area contributed by atoms with Crippen LogP contribution in [0.1, 0.15) is 34.1 Å². The van der Waals surface area contributed by atoms with Gasteiger partial charge in [0, 0.05) is 30.3 Å². The number of nitrogens with one attached hydrogen (secondary N) is 2. The van der Waals surface area contributed by atoms with Crippen LogP contribution in [-0.2, 0) is 0 Å². The van der Waals surface area contributed by atoms with Crippen LogP contribution < -0.4 is 15.8 Å². The van der Waals surface area contributed by atoms with Gasteiger partial charge in [-0.15, -0.1) is 0 Å². The lowest BCUT2D eigenvalue weighted by Gasteiger charge is -2.19. The largest absolute Gasteiger partial charge is 0.497 e. The molecule has 30 heavy (non-hydrogen) atoms. The number of nitrogens with two attached hydrogens (primary N) is 1. The number of methoxy groups -OCH3 is 1. The minimum Gasteiger partial charge on any atom is -0.497 e. The molecule has 0 aliphatic rings. The molecule has 0 spiro atoms. The molecular formula is C23H24N4O3. The van der Waals surface area contributed by atoms with Gasteiger partial charge in [0.25, 0.3) is 5.91 Å². The summed E-state index contributed by atoms with van der Waals surface area (Å²) in [5.41, 5.74) is 9.70. The highest BCUT2D eigenvalue weighted by atomic mass is 16.5. The monoisotopic (exact) mass is 404 g/mol. The Morgan fingerprint density at radius 1 is 1.23 bits per heavy atom. The third-order valence-corrected chi connectivity index (χ3v) is 4.79. The van der Waals surface area contributed by atoms with Crippen molar-refractivity contribution < 1.29 is 14.6 Å². The maximum Gasteiger partial charge on any atom is 0.270 e. The van der Waals surface area contributed by atoms with E-state index in [-0.39, 0.29) is 24.2 Å². The molecule has 154 valence electrons. The minimum absolute atomic E-state index is 0.0759. The molecule has 2 aromatic carbocycles. The SMILES string of the molecule is COc1cccc(C(CCO)NC(=O)c2cc(-c3ccc(N)c(C=N)c3)ccn2)c1. The number of benzene rings is 2. The Bertz CT molecular complexity index is 1050. The van der Waals surface area contributed by atoms with Gasteiger partial charge in [-0.25, -0.2) is 0 Å². The fraction of sp³-hybridized carbons (Fsp3) is 0.174. The standard InChI is InChI=1S/C23H24N4O3/c1-30-19-4-2-3-17(12-19)21(8-10-28)27-23(29)22-13-16(7-9-26-22)15-5-6-20(25)18(11-15)14-24/h2-7,9,11-14,21,24,28H,8,10,25H2,1H3,(H,27,29). The maximum atomic E-state index is 12.9. The topological polar surface area (TPSA) is 121 Å². The van der Waals surface area contributed by atoms with Crippen LogP contribution in [0.3, 0.4) is 0 Å². The van der Waals surface area contributed by atoms with Gasteiger partial charge in [-0.3, -0.25) is 9.78 Å². The lowest BCUT2D eigenvalue weighted by Crippen LogP contribution is -2.30. The predicted octanol–water partition coefficient (Wildman–Crippen LogP) is 3.19. The molecule has 3 rings (SSSR count). The highest BCUT2D eigenvalue weighted by Gasteiger charge is 2.17. The second-order valence-electron chi connectivity index (χ2n) is 6.73. The first kappa shape index (κ1) is 21.0. The van der Waals surface area contributed by atoms with E-state index in [2.05, 4.69) is 10.3 Å². The lowest BCUT2D eigenvalue weighted by atomic mass is 10.0. The van der Waals surface area contributed by atoms with Crippen molar-refractivity contribution in [3.63, 3.8) is 0 Å². The number of carbonyl (C=O) groups is 1. The molecule has 3 aromatic rings. The number of nitrogen functional groups attached to an aromatic ring is 1. The number of aliphatic hydroxyl groups excluding tert-OH is 1. The van der Waals surface area contributed by atoms with Gasteiger partial charge in [0.05, 0.1) is 13.2 Å². The number of hydrogen-bond acceptors (Lipinski definition) is 6. The molecule has 1 atom stereocenters. The molecule has 0 aliphatic carbocycles. The third-order valence-electron chi connectivity index (χ3n) is 4.79. The molecule has 0 aliphatic heterocycles. The van der Waals surface area contributed by atoms with E-state index in [0.29, 0.717) is 23.4 Å². The lowest BCUT2D eigenvalue weighted by molar-refractivity contribution is 0.0925. The molecule has 0 bridgehead atoms. The Morgan fingerprint density at radius 2 is 2.03 bits per heavy atom. The first-order chi connectivity index (χ1) is 14.5. The number of carbonyl (C=O) groups excluding carboxylic acids is 1. The van der Waals surface area contributed by atoms with E-state index < -0.39 is 0 Å². The van der Waals surface area contributed by atoms with Gasteiger partial charge in [0.1, 0.15) is 11.4 Å². The van der Waals surface area contributed by atoms with E-state index in [1.807, 2.05) is 30.3 Å². The molecule has 7 heteroatoms. The summed E-state index contributed by atoms with van der Waals surface area (Å²) in [6.45, 7) is -0.0759. The van der Waals surface area contributed by atoms with Crippen LogP contribution >= 0.6 is 0 Å². The Kier molecular flexibility index (Phi) is 6.77. The van der Waals surface area contributed by atoms with Crippen molar-refractivity contribution in [3.05, 3.63) is 77.6 Å². The summed E-state index contributed by atoms with van der Waals surface area (Å²) in [7, 11) is 1.58. The average Bonchev–Trinajstić information content (AvgIpc) is 2.79. The van der Waals surface area contributed by atoms with Crippen LogP contribution in [0.25, 0.3) is 11.1 Å². The molecule has 5 N–H and O–H groups in total. The van der Waals surface area contributed by atoms with E-state index in [4.69, 9.17) is 15.9 Å². The van der Waals surface area contributed by atoms with Gasteiger partial charge < -0.3 is 26.3 Å². The Morgan fingerprint density at radius 3 is 2.77 bits per heavy atom.